The summed E-state index contributed by atoms with van der Waals surface area (Å²) in [6.07, 6.45) is 4.58. The number of hydrogen-bond donors (Lipinski definition) is 2. The van der Waals surface area contributed by atoms with Crippen LogP contribution in [0.3, 0.4) is 0 Å². The Kier molecular flexibility index (Phi) is 3.30. The van der Waals surface area contributed by atoms with Crippen molar-refractivity contribution in [3.05, 3.63) is 34.9 Å². The fourth-order valence-corrected chi connectivity index (χ4v) is 2.52. The molecule has 20 heavy (non-hydrogen) atoms. The van der Waals surface area contributed by atoms with Crippen LogP contribution >= 0.6 is 11.3 Å². The number of anilines is 2. The highest BCUT2D eigenvalue weighted by molar-refractivity contribution is 7.07. The first-order valence-electron chi connectivity index (χ1n) is 6.01. The molecule has 8 heteroatoms. The molecule has 0 unspecified atom stereocenters. The Morgan fingerprint density at radius 1 is 1.15 bits per heavy atom. The minimum Gasteiger partial charge on any atom is -0.368 e. The number of hydrogen-bond acceptors (Lipinski definition) is 7. The van der Waals surface area contributed by atoms with Gasteiger partial charge in [-0.3, -0.25) is 0 Å². The van der Waals surface area contributed by atoms with Gasteiger partial charge >= 0.3 is 0 Å². The van der Waals surface area contributed by atoms with Gasteiger partial charge in [-0.05, 0) is 28.8 Å². The Labute approximate surface area is 119 Å². The van der Waals surface area contributed by atoms with Crippen LogP contribution < -0.4 is 11.5 Å². The van der Waals surface area contributed by atoms with Crippen molar-refractivity contribution in [3.8, 4) is 11.5 Å². The van der Waals surface area contributed by atoms with Crippen molar-refractivity contribution in [2.24, 2.45) is 0 Å². The molecule has 0 saturated carbocycles. The minimum atomic E-state index is 0.0975. The fourth-order valence-electron chi connectivity index (χ4n) is 1.81. The first kappa shape index (κ1) is 12.5. The molecule has 0 aliphatic carbocycles. The fraction of sp³-hybridized carbons (Fsp3) is 0.167. The summed E-state index contributed by atoms with van der Waals surface area (Å²) in [6.45, 7) is 0.847. The molecule has 0 aliphatic rings. The van der Waals surface area contributed by atoms with Crippen molar-refractivity contribution in [1.82, 2.24) is 24.5 Å². The molecule has 7 nitrogen and oxygen atoms in total. The lowest BCUT2D eigenvalue weighted by Gasteiger charge is -2.00. The van der Waals surface area contributed by atoms with E-state index in [0.717, 1.165) is 13.0 Å². The molecule has 0 spiro atoms. The van der Waals surface area contributed by atoms with Gasteiger partial charge in [0.2, 0.25) is 11.9 Å². The summed E-state index contributed by atoms with van der Waals surface area (Å²) in [5.41, 5.74) is 13.1. The number of rotatable bonds is 4. The number of aryl methyl sites for hydroxylation is 2. The first-order chi connectivity index (χ1) is 9.70. The van der Waals surface area contributed by atoms with E-state index >= 15 is 0 Å². The van der Waals surface area contributed by atoms with Crippen LogP contribution in [0.2, 0.25) is 0 Å². The van der Waals surface area contributed by atoms with Crippen molar-refractivity contribution in [2.75, 3.05) is 11.5 Å². The molecular weight excluding hydrogens is 274 g/mol. The molecule has 3 rings (SSSR count). The molecule has 3 aromatic rings. The van der Waals surface area contributed by atoms with E-state index in [9.17, 15) is 0 Å². The second-order valence-electron chi connectivity index (χ2n) is 4.25. The maximum atomic E-state index is 5.55. The van der Waals surface area contributed by atoms with Crippen molar-refractivity contribution < 1.29 is 0 Å². The molecular formula is C12H13N7S. The van der Waals surface area contributed by atoms with Gasteiger partial charge in [0.25, 0.3) is 0 Å². The Bertz CT molecular complexity index is 684. The Balaban J connectivity index is 1.76. The van der Waals surface area contributed by atoms with Crippen LogP contribution in [-0.4, -0.2) is 24.5 Å². The average Bonchev–Trinajstić information content (AvgIpc) is 3.07. The van der Waals surface area contributed by atoms with Crippen molar-refractivity contribution >= 4 is 23.2 Å². The van der Waals surface area contributed by atoms with Crippen LogP contribution in [-0.2, 0) is 13.0 Å². The topological polar surface area (TPSA) is 109 Å². The lowest BCUT2D eigenvalue weighted by Crippen LogP contribution is -2.04. The second-order valence-corrected chi connectivity index (χ2v) is 5.03. The quantitative estimate of drug-likeness (QED) is 0.746. The van der Waals surface area contributed by atoms with E-state index in [4.69, 9.17) is 11.5 Å². The van der Waals surface area contributed by atoms with Gasteiger partial charge in [-0.25, -0.2) is 4.98 Å². The number of thiophene rings is 1. The molecule has 0 bridgehead atoms. The second kappa shape index (κ2) is 5.25. The molecule has 0 fully saturated rings. The Hall–Kier alpha value is -2.48. The molecule has 3 heterocycles. The summed E-state index contributed by atoms with van der Waals surface area (Å²) in [5.74, 6) is 0.588. The van der Waals surface area contributed by atoms with Crippen molar-refractivity contribution in [2.45, 2.75) is 13.0 Å². The molecule has 3 aromatic heterocycles. The van der Waals surface area contributed by atoms with E-state index in [1.54, 1.807) is 17.7 Å². The van der Waals surface area contributed by atoms with Gasteiger partial charge in [-0.1, -0.05) is 0 Å². The molecule has 0 atom stereocenters. The van der Waals surface area contributed by atoms with Crippen LogP contribution in [0.15, 0.2) is 29.4 Å². The Morgan fingerprint density at radius 3 is 2.65 bits per heavy atom. The molecule has 0 aliphatic heterocycles. The van der Waals surface area contributed by atoms with E-state index in [0.29, 0.717) is 11.5 Å². The monoisotopic (exact) mass is 287 g/mol. The van der Waals surface area contributed by atoms with E-state index in [2.05, 4.69) is 36.8 Å². The number of imidazole rings is 1. The summed E-state index contributed by atoms with van der Waals surface area (Å²) in [6, 6.07) is 2.12. The highest BCUT2D eigenvalue weighted by Gasteiger charge is 2.08. The zero-order chi connectivity index (χ0) is 13.9. The molecule has 102 valence electrons. The lowest BCUT2D eigenvalue weighted by atomic mass is 10.2. The van der Waals surface area contributed by atoms with E-state index < -0.39 is 0 Å². The van der Waals surface area contributed by atoms with Gasteiger partial charge in [-0.2, -0.15) is 26.3 Å². The smallest absolute Gasteiger partial charge is 0.225 e. The van der Waals surface area contributed by atoms with Gasteiger partial charge in [-0.15, -0.1) is 0 Å². The van der Waals surface area contributed by atoms with Crippen LogP contribution in [0.25, 0.3) is 11.5 Å². The van der Waals surface area contributed by atoms with Crippen LogP contribution in [0, 0.1) is 0 Å². The third-order valence-corrected chi connectivity index (χ3v) is 3.50. The summed E-state index contributed by atoms with van der Waals surface area (Å²) in [4.78, 5) is 16.1. The highest BCUT2D eigenvalue weighted by atomic mass is 32.1. The number of aromatic nitrogens is 5. The SMILES string of the molecule is Nc1nc(N)nc(-c2cn(CCc3ccsc3)cn2)n1. The summed E-state index contributed by atoms with van der Waals surface area (Å²) >= 11 is 1.70. The van der Waals surface area contributed by atoms with E-state index in [-0.39, 0.29) is 11.9 Å². The average molecular weight is 287 g/mol. The van der Waals surface area contributed by atoms with Crippen LogP contribution in [0.4, 0.5) is 11.9 Å². The summed E-state index contributed by atoms with van der Waals surface area (Å²) in [7, 11) is 0. The largest absolute Gasteiger partial charge is 0.368 e. The van der Waals surface area contributed by atoms with Gasteiger partial charge in [0.1, 0.15) is 5.69 Å². The lowest BCUT2D eigenvalue weighted by molar-refractivity contribution is 0.697. The van der Waals surface area contributed by atoms with Crippen molar-refractivity contribution in [3.63, 3.8) is 0 Å². The zero-order valence-electron chi connectivity index (χ0n) is 10.6. The first-order valence-corrected chi connectivity index (χ1v) is 6.95. The van der Waals surface area contributed by atoms with Gasteiger partial charge < -0.3 is 16.0 Å². The molecule has 0 aromatic carbocycles. The molecule has 0 amide bonds. The van der Waals surface area contributed by atoms with Gasteiger partial charge in [0.05, 0.1) is 6.33 Å². The third-order valence-electron chi connectivity index (χ3n) is 2.77. The van der Waals surface area contributed by atoms with E-state index in [1.807, 2.05) is 10.8 Å². The van der Waals surface area contributed by atoms with E-state index in [1.165, 1.54) is 5.56 Å². The highest BCUT2D eigenvalue weighted by Crippen LogP contribution is 2.14. The molecule has 4 N–H and O–H groups in total. The van der Waals surface area contributed by atoms with Gasteiger partial charge in [0.15, 0.2) is 5.82 Å². The van der Waals surface area contributed by atoms with Crippen LogP contribution in [0.5, 0.6) is 0 Å². The number of nitrogens with zero attached hydrogens (tertiary/aromatic N) is 5. The summed E-state index contributed by atoms with van der Waals surface area (Å²) in [5, 5.41) is 4.22. The minimum absolute atomic E-state index is 0.0975. The third kappa shape index (κ3) is 2.75. The number of nitrogen functional groups attached to an aromatic ring is 2. The molecule has 0 radical (unpaired) electrons. The van der Waals surface area contributed by atoms with Crippen LogP contribution in [0.1, 0.15) is 5.56 Å². The van der Waals surface area contributed by atoms with Crippen molar-refractivity contribution in [1.29, 1.82) is 0 Å². The predicted molar refractivity (Wildman–Crippen MR) is 77.9 cm³/mol. The van der Waals surface area contributed by atoms with Gasteiger partial charge in [0, 0.05) is 12.7 Å². The number of nitrogens with two attached hydrogens (primary N) is 2. The molecule has 0 saturated heterocycles. The zero-order valence-corrected chi connectivity index (χ0v) is 11.4. The normalized spacial score (nSPS) is 10.8. The summed E-state index contributed by atoms with van der Waals surface area (Å²) < 4.78 is 1.99. The maximum absolute atomic E-state index is 5.55. The Morgan fingerprint density at radius 2 is 1.95 bits per heavy atom. The maximum Gasteiger partial charge on any atom is 0.225 e. The standard InChI is InChI=1S/C12H13N7S/c13-11-16-10(17-12(14)18-11)9-5-19(7-15-9)3-1-8-2-4-20-6-8/h2,4-7H,1,3H2,(H4,13,14,16,17,18). The predicted octanol–water partition coefficient (Wildman–Crippen LogP) is 1.20.